The lowest BCUT2D eigenvalue weighted by Gasteiger charge is -2.29. The highest BCUT2D eigenvalue weighted by atomic mass is 35.5. The van der Waals surface area contributed by atoms with E-state index >= 15 is 0 Å². The molecular formula is C11H16ClN3OS. The van der Waals surface area contributed by atoms with Crippen molar-refractivity contribution >= 4 is 34.0 Å². The summed E-state index contributed by atoms with van der Waals surface area (Å²) in [5, 5.41) is 6.01. The van der Waals surface area contributed by atoms with Gasteiger partial charge in [0, 0.05) is 18.5 Å². The lowest BCUT2D eigenvalue weighted by Crippen LogP contribution is -2.43. The van der Waals surface area contributed by atoms with Gasteiger partial charge in [0.2, 0.25) is 5.91 Å². The summed E-state index contributed by atoms with van der Waals surface area (Å²) >= 11 is 7.15. The molecule has 0 spiro atoms. The first-order valence-corrected chi connectivity index (χ1v) is 7.09. The number of nitrogens with one attached hydrogen (secondary N) is 1. The minimum absolute atomic E-state index is 0.149. The third-order valence-corrected chi connectivity index (χ3v) is 3.95. The van der Waals surface area contributed by atoms with Crippen LogP contribution in [0, 0.1) is 0 Å². The predicted molar refractivity (Wildman–Crippen MR) is 70.6 cm³/mol. The smallest absolute Gasteiger partial charge is 0.244 e. The summed E-state index contributed by atoms with van der Waals surface area (Å²) < 4.78 is 0. The molecule has 0 bridgehead atoms. The number of nitrogens with zero attached hydrogens (tertiary/aromatic N) is 2. The van der Waals surface area contributed by atoms with E-state index in [1.807, 2.05) is 11.8 Å². The highest BCUT2D eigenvalue weighted by Crippen LogP contribution is 2.20. The lowest BCUT2D eigenvalue weighted by atomic mass is 10.1. The number of halogens is 1. The molecule has 17 heavy (non-hydrogen) atoms. The molecule has 6 heteroatoms. The van der Waals surface area contributed by atoms with Crippen molar-refractivity contribution in [3.05, 3.63) is 10.5 Å². The Kier molecular flexibility index (Phi) is 4.23. The number of carbonyl (C=O) groups excluding carboxylic acids is 1. The van der Waals surface area contributed by atoms with E-state index in [-0.39, 0.29) is 11.9 Å². The zero-order chi connectivity index (χ0) is 12.3. The number of amides is 1. The van der Waals surface area contributed by atoms with Crippen molar-refractivity contribution in [2.24, 2.45) is 0 Å². The Morgan fingerprint density at radius 1 is 1.53 bits per heavy atom. The van der Waals surface area contributed by atoms with Crippen molar-refractivity contribution in [2.45, 2.75) is 32.2 Å². The molecule has 1 N–H and O–H groups in total. The van der Waals surface area contributed by atoms with Crippen molar-refractivity contribution in [2.75, 3.05) is 18.4 Å². The summed E-state index contributed by atoms with van der Waals surface area (Å²) in [4.78, 5) is 18.1. The monoisotopic (exact) mass is 273 g/mol. The molecule has 4 nitrogen and oxygen atoms in total. The van der Waals surface area contributed by atoms with Gasteiger partial charge < -0.3 is 10.2 Å². The number of anilines is 1. The molecular weight excluding hydrogens is 258 g/mol. The van der Waals surface area contributed by atoms with E-state index in [1.165, 1.54) is 17.8 Å². The van der Waals surface area contributed by atoms with Crippen LogP contribution in [0.5, 0.6) is 0 Å². The molecule has 1 aromatic rings. The highest BCUT2D eigenvalue weighted by Gasteiger charge is 2.22. The van der Waals surface area contributed by atoms with Gasteiger partial charge >= 0.3 is 0 Å². The van der Waals surface area contributed by atoms with E-state index < -0.39 is 0 Å². The van der Waals surface area contributed by atoms with Crippen LogP contribution < -0.4 is 5.32 Å². The molecule has 0 aromatic carbocycles. The van der Waals surface area contributed by atoms with E-state index in [0.717, 1.165) is 25.9 Å². The largest absolute Gasteiger partial charge is 0.350 e. The summed E-state index contributed by atoms with van der Waals surface area (Å²) in [7, 11) is 0. The van der Waals surface area contributed by atoms with E-state index in [4.69, 9.17) is 11.6 Å². The molecule has 1 unspecified atom stereocenters. The maximum atomic E-state index is 12.1. The number of thiazole rings is 1. The molecule has 1 aliphatic rings. The number of hydrogen-bond donors (Lipinski definition) is 1. The summed E-state index contributed by atoms with van der Waals surface area (Å²) in [5.41, 5.74) is 0. The summed E-state index contributed by atoms with van der Waals surface area (Å²) in [5.74, 6) is 0.149. The Labute approximate surface area is 110 Å². The van der Waals surface area contributed by atoms with Crippen molar-refractivity contribution in [1.82, 2.24) is 9.88 Å². The van der Waals surface area contributed by atoms with Crippen LogP contribution in [0.2, 0.25) is 5.15 Å². The second-order valence-corrected chi connectivity index (χ2v) is 5.47. The second kappa shape index (κ2) is 5.69. The number of carbonyl (C=O) groups is 1. The van der Waals surface area contributed by atoms with Crippen molar-refractivity contribution < 1.29 is 4.79 Å². The molecule has 1 atom stereocenters. The molecule has 1 fully saturated rings. The summed E-state index contributed by atoms with van der Waals surface area (Å²) in [6.45, 7) is 3.62. The van der Waals surface area contributed by atoms with Gasteiger partial charge in [0.05, 0.1) is 0 Å². The fourth-order valence-electron chi connectivity index (χ4n) is 1.96. The van der Waals surface area contributed by atoms with Gasteiger partial charge in [-0.15, -0.1) is 11.3 Å². The third-order valence-electron chi connectivity index (χ3n) is 2.85. The van der Waals surface area contributed by atoms with E-state index in [2.05, 4.69) is 10.3 Å². The van der Waals surface area contributed by atoms with Crippen molar-refractivity contribution in [3.8, 4) is 0 Å². The standard InChI is InChI=1S/C11H16ClN3OS/c1-8(13-11-14-9(12)7-17-11)10(16)15-5-3-2-4-6-15/h7-8H,2-6H2,1H3,(H,13,14). The zero-order valence-corrected chi connectivity index (χ0v) is 11.4. The predicted octanol–water partition coefficient (Wildman–Crippen LogP) is 2.61. The molecule has 0 aliphatic carbocycles. The van der Waals surface area contributed by atoms with Gasteiger partial charge in [0.1, 0.15) is 11.2 Å². The van der Waals surface area contributed by atoms with Crippen LogP contribution in [0.4, 0.5) is 5.13 Å². The van der Waals surface area contributed by atoms with Crippen molar-refractivity contribution in [3.63, 3.8) is 0 Å². The molecule has 2 heterocycles. The second-order valence-electron chi connectivity index (χ2n) is 4.23. The van der Waals surface area contributed by atoms with E-state index in [1.54, 1.807) is 5.38 Å². The van der Waals surface area contributed by atoms with Crippen LogP contribution in [-0.2, 0) is 4.79 Å². The summed E-state index contributed by atoms with van der Waals surface area (Å²) in [6, 6.07) is -0.240. The van der Waals surface area contributed by atoms with Crippen LogP contribution in [0.25, 0.3) is 0 Å². The Bertz CT molecular complexity index is 390. The lowest BCUT2D eigenvalue weighted by molar-refractivity contribution is -0.132. The minimum atomic E-state index is -0.240. The van der Waals surface area contributed by atoms with Crippen LogP contribution >= 0.6 is 22.9 Å². The Hall–Kier alpha value is -0.810. The van der Waals surface area contributed by atoms with Crippen LogP contribution in [0.3, 0.4) is 0 Å². The maximum Gasteiger partial charge on any atom is 0.244 e. The number of aromatic nitrogens is 1. The Balaban J connectivity index is 1.90. The third kappa shape index (κ3) is 3.33. The van der Waals surface area contributed by atoms with E-state index in [0.29, 0.717) is 10.3 Å². The first-order valence-electron chi connectivity index (χ1n) is 5.83. The average molecular weight is 274 g/mol. The molecule has 0 saturated carbocycles. The topological polar surface area (TPSA) is 45.2 Å². The average Bonchev–Trinajstić information content (AvgIpc) is 2.75. The van der Waals surface area contributed by atoms with E-state index in [9.17, 15) is 4.79 Å². The molecule has 1 amide bonds. The fourth-order valence-corrected chi connectivity index (χ4v) is 2.88. The van der Waals surface area contributed by atoms with Crippen LogP contribution in [0.1, 0.15) is 26.2 Å². The molecule has 94 valence electrons. The molecule has 1 saturated heterocycles. The van der Waals surface area contributed by atoms with Crippen molar-refractivity contribution in [1.29, 1.82) is 0 Å². The highest BCUT2D eigenvalue weighted by molar-refractivity contribution is 7.14. The first-order chi connectivity index (χ1) is 8.16. The summed E-state index contributed by atoms with van der Waals surface area (Å²) in [6.07, 6.45) is 3.46. The Morgan fingerprint density at radius 2 is 2.24 bits per heavy atom. The van der Waals surface area contributed by atoms with Gasteiger partial charge in [-0.1, -0.05) is 11.6 Å². The number of rotatable bonds is 3. The number of hydrogen-bond acceptors (Lipinski definition) is 4. The van der Waals surface area contributed by atoms with Gasteiger partial charge in [-0.25, -0.2) is 4.98 Å². The molecule has 0 radical (unpaired) electrons. The Morgan fingerprint density at radius 3 is 2.82 bits per heavy atom. The van der Waals surface area contributed by atoms with Gasteiger partial charge in [-0.2, -0.15) is 0 Å². The van der Waals surface area contributed by atoms with Gasteiger partial charge in [0.15, 0.2) is 5.13 Å². The number of likely N-dealkylation sites (tertiary alicyclic amines) is 1. The normalized spacial score (nSPS) is 17.9. The van der Waals surface area contributed by atoms with Crippen LogP contribution in [-0.4, -0.2) is 34.9 Å². The zero-order valence-electron chi connectivity index (χ0n) is 9.78. The van der Waals surface area contributed by atoms with Gasteiger partial charge in [-0.3, -0.25) is 4.79 Å². The van der Waals surface area contributed by atoms with Gasteiger partial charge in [0.25, 0.3) is 0 Å². The van der Waals surface area contributed by atoms with Gasteiger partial charge in [-0.05, 0) is 26.2 Å². The number of piperidine rings is 1. The maximum absolute atomic E-state index is 12.1. The first kappa shape index (κ1) is 12.6. The quantitative estimate of drug-likeness (QED) is 0.921. The minimum Gasteiger partial charge on any atom is -0.350 e. The fraction of sp³-hybridized carbons (Fsp3) is 0.636. The molecule has 1 aromatic heterocycles. The molecule has 1 aliphatic heterocycles. The SMILES string of the molecule is CC(Nc1nc(Cl)cs1)C(=O)N1CCCCC1. The molecule has 2 rings (SSSR count). The van der Waals surface area contributed by atoms with Crippen LogP contribution in [0.15, 0.2) is 5.38 Å².